The fourth-order valence-corrected chi connectivity index (χ4v) is 2.71. The van der Waals surface area contributed by atoms with Crippen molar-refractivity contribution in [2.75, 3.05) is 24.4 Å². The molecule has 0 heterocycles. The third-order valence-electron chi connectivity index (χ3n) is 3.18. The van der Waals surface area contributed by atoms with Crippen LogP contribution in [0.15, 0.2) is 18.2 Å². The second-order valence-electron chi connectivity index (χ2n) is 4.60. The van der Waals surface area contributed by atoms with Crippen molar-refractivity contribution in [2.45, 2.75) is 19.4 Å². The summed E-state index contributed by atoms with van der Waals surface area (Å²) < 4.78 is 0. The monoisotopic (exact) mass is 312 g/mol. The van der Waals surface area contributed by atoms with E-state index >= 15 is 0 Å². The van der Waals surface area contributed by atoms with Crippen LogP contribution in [0.4, 0.5) is 10.5 Å². The summed E-state index contributed by atoms with van der Waals surface area (Å²) in [7, 11) is 1.71. The fraction of sp³-hybridized carbons (Fsp3) is 0.429. The van der Waals surface area contributed by atoms with E-state index in [1.54, 1.807) is 23.7 Å². The molecule has 0 spiro atoms. The van der Waals surface area contributed by atoms with Gasteiger partial charge < -0.3 is 20.4 Å². The summed E-state index contributed by atoms with van der Waals surface area (Å²) in [5.74, 6) is -0.753. The summed E-state index contributed by atoms with van der Waals surface area (Å²) >= 11 is 1.67. The van der Waals surface area contributed by atoms with E-state index in [-0.39, 0.29) is 23.4 Å². The number of benzene rings is 1. The predicted octanol–water partition coefficient (Wildman–Crippen LogP) is 2.70. The molecule has 0 saturated heterocycles. The summed E-state index contributed by atoms with van der Waals surface area (Å²) in [5, 5.41) is 21.1. The largest absolute Gasteiger partial charge is 0.507 e. The fourth-order valence-electron chi connectivity index (χ4n) is 1.86. The zero-order valence-electron chi connectivity index (χ0n) is 12.3. The quantitative estimate of drug-likeness (QED) is 0.751. The van der Waals surface area contributed by atoms with E-state index in [4.69, 9.17) is 5.11 Å². The Morgan fingerprint density at radius 1 is 1.43 bits per heavy atom. The molecule has 0 bridgehead atoms. The zero-order chi connectivity index (χ0) is 16.0. The first kappa shape index (κ1) is 17.2. The molecule has 0 aliphatic heterocycles. The maximum atomic E-state index is 12.1. The van der Waals surface area contributed by atoms with E-state index in [0.29, 0.717) is 5.69 Å². The highest BCUT2D eigenvalue weighted by atomic mass is 32.2. The number of amides is 2. The normalized spacial score (nSPS) is 11.8. The third-order valence-corrected chi connectivity index (χ3v) is 3.90. The van der Waals surface area contributed by atoms with Gasteiger partial charge >= 0.3 is 12.0 Å². The van der Waals surface area contributed by atoms with E-state index in [0.717, 1.165) is 12.2 Å². The number of carboxylic acid groups (broad SMARTS) is 1. The maximum Gasteiger partial charge on any atom is 0.339 e. The molecule has 1 unspecified atom stereocenters. The van der Waals surface area contributed by atoms with Gasteiger partial charge in [0.25, 0.3) is 0 Å². The van der Waals surface area contributed by atoms with Crippen LogP contribution < -0.4 is 5.32 Å². The number of phenols is 1. The van der Waals surface area contributed by atoms with Gasteiger partial charge in [-0.2, -0.15) is 11.8 Å². The molecule has 0 fully saturated rings. The number of carbonyl (C=O) groups is 2. The highest BCUT2D eigenvalue weighted by molar-refractivity contribution is 7.98. The van der Waals surface area contributed by atoms with Gasteiger partial charge in [0.2, 0.25) is 0 Å². The van der Waals surface area contributed by atoms with Crippen LogP contribution in [0.25, 0.3) is 0 Å². The van der Waals surface area contributed by atoms with Crippen molar-refractivity contribution in [1.82, 2.24) is 4.90 Å². The highest BCUT2D eigenvalue weighted by Crippen LogP contribution is 2.22. The number of nitrogens with one attached hydrogen (secondary N) is 1. The number of aromatic carboxylic acids is 1. The molecule has 0 aliphatic rings. The van der Waals surface area contributed by atoms with E-state index in [1.807, 2.05) is 13.2 Å². The van der Waals surface area contributed by atoms with Gasteiger partial charge in [-0.05, 0) is 24.8 Å². The lowest BCUT2D eigenvalue weighted by molar-refractivity contribution is 0.0694. The molecule has 21 heavy (non-hydrogen) atoms. The second-order valence-corrected chi connectivity index (χ2v) is 5.51. The van der Waals surface area contributed by atoms with Crippen LogP contribution in [-0.2, 0) is 0 Å². The molecule has 0 saturated carbocycles. The standard InChI is InChI=1S/C14H20N2O4S/c1-4-10(8-21-3)16(2)14(20)15-9-5-6-11(13(18)19)12(17)7-9/h5-7,10,17H,4,8H2,1-3H3,(H,15,20)(H,18,19). The first-order valence-electron chi connectivity index (χ1n) is 6.49. The number of carbonyl (C=O) groups excluding carboxylic acids is 1. The first-order chi connectivity index (χ1) is 9.90. The molecule has 3 N–H and O–H groups in total. The molecule has 2 amide bonds. The van der Waals surface area contributed by atoms with Gasteiger partial charge in [-0.3, -0.25) is 0 Å². The Morgan fingerprint density at radius 3 is 2.57 bits per heavy atom. The van der Waals surface area contributed by atoms with Crippen LogP contribution >= 0.6 is 11.8 Å². The zero-order valence-corrected chi connectivity index (χ0v) is 13.1. The predicted molar refractivity (Wildman–Crippen MR) is 84.3 cm³/mol. The van der Waals surface area contributed by atoms with Crippen molar-refractivity contribution >= 4 is 29.4 Å². The van der Waals surface area contributed by atoms with E-state index in [2.05, 4.69) is 5.32 Å². The number of anilines is 1. The molecule has 1 atom stereocenters. The number of hydrogen-bond donors (Lipinski definition) is 3. The van der Waals surface area contributed by atoms with Crippen molar-refractivity contribution in [2.24, 2.45) is 0 Å². The lowest BCUT2D eigenvalue weighted by atomic mass is 10.2. The van der Waals surface area contributed by atoms with Crippen molar-refractivity contribution in [3.63, 3.8) is 0 Å². The minimum absolute atomic E-state index is 0.117. The summed E-state index contributed by atoms with van der Waals surface area (Å²) in [6, 6.07) is 3.76. The lowest BCUT2D eigenvalue weighted by Crippen LogP contribution is -2.41. The molecular weight excluding hydrogens is 292 g/mol. The average molecular weight is 312 g/mol. The molecule has 0 aliphatic carbocycles. The molecule has 1 rings (SSSR count). The van der Waals surface area contributed by atoms with Gasteiger partial charge in [0.15, 0.2) is 0 Å². The number of urea groups is 1. The highest BCUT2D eigenvalue weighted by Gasteiger charge is 2.18. The number of rotatable bonds is 6. The van der Waals surface area contributed by atoms with Gasteiger partial charge in [-0.1, -0.05) is 6.92 Å². The number of aromatic hydroxyl groups is 1. The van der Waals surface area contributed by atoms with Gasteiger partial charge in [0.05, 0.1) is 0 Å². The first-order valence-corrected chi connectivity index (χ1v) is 7.89. The minimum atomic E-state index is -1.21. The van der Waals surface area contributed by atoms with Crippen LogP contribution in [0.3, 0.4) is 0 Å². The molecule has 1 aromatic carbocycles. The summed E-state index contributed by atoms with van der Waals surface area (Å²) in [6.07, 6.45) is 2.82. The molecule has 0 aromatic heterocycles. The second kappa shape index (κ2) is 7.78. The van der Waals surface area contributed by atoms with Crippen molar-refractivity contribution in [3.8, 4) is 5.75 Å². The Labute approximate surface area is 128 Å². The third kappa shape index (κ3) is 4.56. The molecule has 0 radical (unpaired) electrons. The molecule has 1 aromatic rings. The smallest absolute Gasteiger partial charge is 0.339 e. The summed E-state index contributed by atoms with van der Waals surface area (Å²) in [4.78, 5) is 24.5. The lowest BCUT2D eigenvalue weighted by Gasteiger charge is -2.27. The van der Waals surface area contributed by atoms with E-state index in [9.17, 15) is 14.7 Å². The Balaban J connectivity index is 2.78. The van der Waals surface area contributed by atoms with Crippen LogP contribution in [-0.4, -0.2) is 52.2 Å². The SMILES string of the molecule is CCC(CSC)N(C)C(=O)Nc1ccc(C(=O)O)c(O)c1. The van der Waals surface area contributed by atoms with Crippen molar-refractivity contribution in [1.29, 1.82) is 0 Å². The Hall–Kier alpha value is -1.89. The van der Waals surface area contributed by atoms with E-state index in [1.165, 1.54) is 18.2 Å². The van der Waals surface area contributed by atoms with Crippen molar-refractivity contribution < 1.29 is 19.8 Å². The average Bonchev–Trinajstić information content (AvgIpc) is 2.43. The molecule has 6 nitrogen and oxygen atoms in total. The van der Waals surface area contributed by atoms with Gasteiger partial charge in [-0.25, -0.2) is 9.59 Å². The van der Waals surface area contributed by atoms with Crippen molar-refractivity contribution in [3.05, 3.63) is 23.8 Å². The summed E-state index contributed by atoms with van der Waals surface area (Å²) in [6.45, 7) is 2.01. The number of thioether (sulfide) groups is 1. The van der Waals surface area contributed by atoms with Gasteiger partial charge in [0.1, 0.15) is 11.3 Å². The van der Waals surface area contributed by atoms with Gasteiger partial charge in [0, 0.05) is 30.6 Å². The Kier molecular flexibility index (Phi) is 6.36. The minimum Gasteiger partial charge on any atom is -0.507 e. The Morgan fingerprint density at radius 2 is 2.10 bits per heavy atom. The van der Waals surface area contributed by atoms with Crippen LogP contribution in [0, 0.1) is 0 Å². The Bertz CT molecular complexity index is 522. The number of carboxylic acids is 1. The maximum absolute atomic E-state index is 12.1. The topological polar surface area (TPSA) is 89.9 Å². The van der Waals surface area contributed by atoms with E-state index < -0.39 is 5.97 Å². The van der Waals surface area contributed by atoms with Gasteiger partial charge in [-0.15, -0.1) is 0 Å². The number of nitrogens with zero attached hydrogens (tertiary/aromatic N) is 1. The number of hydrogen-bond acceptors (Lipinski definition) is 4. The van der Waals surface area contributed by atoms with Crippen LogP contribution in [0.5, 0.6) is 5.75 Å². The van der Waals surface area contributed by atoms with Crippen LogP contribution in [0.1, 0.15) is 23.7 Å². The van der Waals surface area contributed by atoms with Crippen LogP contribution in [0.2, 0.25) is 0 Å². The molecule has 116 valence electrons. The molecular formula is C14H20N2O4S. The summed E-state index contributed by atoms with van der Waals surface area (Å²) in [5.41, 5.74) is 0.156. The molecule has 7 heteroatoms.